The second-order valence-corrected chi connectivity index (χ2v) is 9.75. The van der Waals surface area contributed by atoms with Crippen LogP contribution in [0.15, 0.2) is 27.3 Å². The van der Waals surface area contributed by atoms with Gasteiger partial charge in [0.15, 0.2) is 21.3 Å². The molecular weight excluding hydrogens is 506 g/mol. The van der Waals surface area contributed by atoms with E-state index in [9.17, 15) is 39.6 Å². The van der Waals surface area contributed by atoms with Crippen molar-refractivity contribution < 1.29 is 39.6 Å². The number of rotatable bonds is 5. The van der Waals surface area contributed by atoms with Crippen molar-refractivity contribution in [2.45, 2.75) is 32.6 Å². The molecule has 1 amide bonds. The largest absolute Gasteiger partial charge is 0.417 e. The molecule has 0 bridgehead atoms. The first-order chi connectivity index (χ1) is 16.0. The summed E-state index contributed by atoms with van der Waals surface area (Å²) in [7, 11) is -2.63. The van der Waals surface area contributed by atoms with E-state index in [1.807, 2.05) is 0 Å². The number of halogens is 6. The lowest BCUT2D eigenvalue weighted by molar-refractivity contribution is -0.159. The van der Waals surface area contributed by atoms with E-state index in [2.05, 4.69) is 20.1 Å². The van der Waals surface area contributed by atoms with Crippen LogP contribution < -0.4 is 0 Å². The van der Waals surface area contributed by atoms with Crippen LogP contribution in [0.25, 0.3) is 16.9 Å². The Morgan fingerprint density at radius 2 is 1.89 bits per heavy atom. The predicted molar refractivity (Wildman–Crippen MR) is 114 cm³/mol. The third-order valence-electron chi connectivity index (χ3n) is 4.89. The van der Waals surface area contributed by atoms with Crippen LogP contribution in [0.5, 0.6) is 0 Å². The molecule has 1 aliphatic heterocycles. The van der Waals surface area contributed by atoms with Gasteiger partial charge in [-0.05, 0) is 6.07 Å². The fourth-order valence-electron chi connectivity index (χ4n) is 3.16. The highest BCUT2D eigenvalue weighted by molar-refractivity contribution is 7.95. The van der Waals surface area contributed by atoms with Crippen LogP contribution in [0.3, 0.4) is 0 Å². The average Bonchev–Trinajstić information content (AvgIpc) is 3.07. The van der Waals surface area contributed by atoms with Crippen molar-refractivity contribution in [3.8, 4) is 0 Å². The number of pyridine rings is 1. The summed E-state index contributed by atoms with van der Waals surface area (Å²) in [6, 6.07) is 0.752. The molecular formula is C19H18F6N6O3S. The number of aromatic nitrogens is 3. The number of aliphatic imine (C=N–C) groups is 1. The van der Waals surface area contributed by atoms with Crippen LogP contribution in [-0.4, -0.2) is 64.3 Å². The number of hydrogen-bond acceptors (Lipinski definition) is 7. The lowest BCUT2D eigenvalue weighted by Crippen LogP contribution is -2.35. The molecule has 0 spiro atoms. The number of sulfone groups is 1. The normalized spacial score (nSPS) is 16.4. The summed E-state index contributed by atoms with van der Waals surface area (Å²) in [6.07, 6.45) is -8.36. The van der Waals surface area contributed by atoms with E-state index in [-0.39, 0.29) is 38.3 Å². The van der Waals surface area contributed by atoms with Gasteiger partial charge in [0.2, 0.25) is 5.91 Å². The zero-order chi connectivity index (χ0) is 26.3. The van der Waals surface area contributed by atoms with E-state index >= 15 is 0 Å². The number of carbonyl (C=O) groups excluding carboxylic acids is 1. The molecule has 0 saturated carbocycles. The molecule has 3 heterocycles. The van der Waals surface area contributed by atoms with Crippen molar-refractivity contribution in [3.63, 3.8) is 0 Å². The van der Waals surface area contributed by atoms with E-state index < -0.39 is 52.4 Å². The van der Waals surface area contributed by atoms with Gasteiger partial charge in [-0.2, -0.15) is 31.4 Å². The number of allylic oxidation sites excluding steroid dienone is 1. The lowest BCUT2D eigenvalue weighted by Gasteiger charge is -2.20. The van der Waals surface area contributed by atoms with E-state index in [1.165, 1.54) is 18.5 Å². The summed E-state index contributed by atoms with van der Waals surface area (Å²) in [5, 5.41) is 3.76. The summed E-state index contributed by atoms with van der Waals surface area (Å²) < 4.78 is 104. The molecule has 0 aromatic carbocycles. The van der Waals surface area contributed by atoms with Crippen LogP contribution in [0.1, 0.15) is 31.7 Å². The van der Waals surface area contributed by atoms with Gasteiger partial charge in [-0.15, -0.1) is 0 Å². The third-order valence-corrected chi connectivity index (χ3v) is 6.74. The molecule has 0 N–H and O–H groups in total. The van der Waals surface area contributed by atoms with Crippen LogP contribution in [0, 0.1) is 0 Å². The van der Waals surface area contributed by atoms with Crippen LogP contribution in [0.4, 0.5) is 26.3 Å². The number of hydrazone groups is 1. The summed E-state index contributed by atoms with van der Waals surface area (Å²) >= 11 is 0. The number of alkyl halides is 6. The standard InChI is InChI=1S/C19H18F6N6O3S/c1-4-35(33,34)14-6-12(29-31(10(2)32)9-18(20,21)22)8-26-15(14)17-28-13-5-11(19(23,24)25)7-27-16(13)30(17)3/h5,7-8H,4,6,9H2,1-3H3. The Bertz CT molecular complexity index is 1370. The Morgan fingerprint density at radius 1 is 1.23 bits per heavy atom. The summed E-state index contributed by atoms with van der Waals surface area (Å²) in [6.45, 7) is 0.499. The number of fused-ring (bicyclic) bond motifs is 1. The van der Waals surface area contributed by atoms with E-state index in [1.54, 1.807) is 0 Å². The molecule has 16 heteroatoms. The van der Waals surface area contributed by atoms with E-state index in [0.717, 1.165) is 19.2 Å². The molecule has 0 saturated heterocycles. The molecule has 0 unspecified atom stereocenters. The maximum atomic E-state index is 13.1. The molecule has 1 aliphatic rings. The minimum atomic E-state index is -4.75. The van der Waals surface area contributed by atoms with Crippen molar-refractivity contribution >= 4 is 44.5 Å². The molecule has 9 nitrogen and oxygen atoms in total. The molecule has 190 valence electrons. The second-order valence-electron chi connectivity index (χ2n) is 7.45. The number of aryl methyl sites for hydroxylation is 1. The first kappa shape index (κ1) is 26.3. The van der Waals surface area contributed by atoms with Crippen LogP contribution in [-0.2, 0) is 27.9 Å². The van der Waals surface area contributed by atoms with Gasteiger partial charge in [-0.1, -0.05) is 6.92 Å². The summed E-state index contributed by atoms with van der Waals surface area (Å²) in [4.78, 5) is 23.1. The maximum Gasteiger partial charge on any atom is 0.417 e. The molecule has 35 heavy (non-hydrogen) atoms. The first-order valence-corrected chi connectivity index (χ1v) is 11.5. The Kier molecular flexibility index (Phi) is 6.80. The van der Waals surface area contributed by atoms with Gasteiger partial charge in [-0.3, -0.25) is 4.79 Å². The summed E-state index contributed by atoms with van der Waals surface area (Å²) in [5.74, 6) is -1.55. The Morgan fingerprint density at radius 3 is 2.43 bits per heavy atom. The first-order valence-electron chi connectivity index (χ1n) is 9.86. The number of amides is 1. The number of carbonyl (C=O) groups is 1. The average molecular weight is 524 g/mol. The highest BCUT2D eigenvalue weighted by Crippen LogP contribution is 2.33. The molecule has 2 aromatic heterocycles. The van der Waals surface area contributed by atoms with E-state index in [0.29, 0.717) is 6.20 Å². The molecule has 0 radical (unpaired) electrons. The van der Waals surface area contributed by atoms with Crippen molar-refractivity contribution in [2.24, 2.45) is 17.1 Å². The van der Waals surface area contributed by atoms with Gasteiger partial charge in [0.1, 0.15) is 17.8 Å². The fourth-order valence-corrected chi connectivity index (χ4v) is 4.32. The molecule has 0 aliphatic carbocycles. The van der Waals surface area contributed by atoms with Crippen molar-refractivity contribution in [1.29, 1.82) is 0 Å². The molecule has 0 fully saturated rings. The zero-order valence-corrected chi connectivity index (χ0v) is 19.3. The lowest BCUT2D eigenvalue weighted by atomic mass is 10.2. The zero-order valence-electron chi connectivity index (χ0n) is 18.4. The van der Waals surface area contributed by atoms with Crippen molar-refractivity contribution in [3.05, 3.63) is 28.6 Å². The van der Waals surface area contributed by atoms with Gasteiger partial charge in [0.05, 0.1) is 28.1 Å². The minimum absolute atomic E-state index is 0.0244. The van der Waals surface area contributed by atoms with Gasteiger partial charge < -0.3 is 4.57 Å². The SMILES string of the molecule is CCS(=O)(=O)C1=C(c2nc3cc(C(F)(F)F)cnc3n2C)N=CC(=NN(CC(F)(F)F)C(C)=O)C1. The monoisotopic (exact) mass is 524 g/mol. The van der Waals surface area contributed by atoms with Crippen LogP contribution >= 0.6 is 0 Å². The Hall–Kier alpha value is -3.30. The summed E-state index contributed by atoms with van der Waals surface area (Å²) in [5.41, 5.74) is -1.65. The molecule has 3 rings (SSSR count). The number of hydrogen-bond donors (Lipinski definition) is 0. The smallest absolute Gasteiger partial charge is 0.310 e. The minimum Gasteiger partial charge on any atom is -0.310 e. The van der Waals surface area contributed by atoms with Crippen molar-refractivity contribution in [1.82, 2.24) is 19.5 Å². The number of imidazole rings is 1. The number of nitrogens with zero attached hydrogens (tertiary/aromatic N) is 6. The fraction of sp³-hybridized carbons (Fsp3) is 0.421. The Labute approximate surface area is 194 Å². The highest BCUT2D eigenvalue weighted by Gasteiger charge is 2.35. The van der Waals surface area contributed by atoms with Gasteiger partial charge >= 0.3 is 12.4 Å². The topological polar surface area (TPSA) is 110 Å². The molecule has 2 aromatic rings. The van der Waals surface area contributed by atoms with Gasteiger partial charge in [0, 0.05) is 26.6 Å². The quantitative estimate of drug-likeness (QED) is 0.440. The maximum absolute atomic E-state index is 13.1. The van der Waals surface area contributed by atoms with Gasteiger partial charge in [-0.25, -0.2) is 28.4 Å². The second kappa shape index (κ2) is 9.05. The highest BCUT2D eigenvalue weighted by atomic mass is 32.2. The Balaban J connectivity index is 2.14. The van der Waals surface area contributed by atoms with Crippen molar-refractivity contribution in [2.75, 3.05) is 12.3 Å². The molecule has 0 atom stereocenters. The van der Waals surface area contributed by atoms with E-state index in [4.69, 9.17) is 0 Å². The third kappa shape index (κ3) is 5.68. The van der Waals surface area contributed by atoms with Gasteiger partial charge in [0.25, 0.3) is 0 Å². The van der Waals surface area contributed by atoms with Crippen LogP contribution in [0.2, 0.25) is 0 Å². The predicted octanol–water partition coefficient (Wildman–Crippen LogP) is 3.33.